The number of allylic oxidation sites excluding steroid dienone is 4. The summed E-state index contributed by atoms with van der Waals surface area (Å²) in [5, 5.41) is 11.3. The van der Waals surface area contributed by atoms with E-state index in [9.17, 15) is 10.1 Å². The first-order valence-corrected chi connectivity index (χ1v) is 11.2. The maximum atomic E-state index is 13.6. The fourth-order valence-electron chi connectivity index (χ4n) is 4.40. The third-order valence-electron chi connectivity index (χ3n) is 6.57. The second-order valence-electron chi connectivity index (χ2n) is 8.57. The van der Waals surface area contributed by atoms with Gasteiger partial charge in [-0.05, 0) is 67.8 Å². The molecule has 158 valence electrons. The first-order chi connectivity index (χ1) is 14.8. The van der Waals surface area contributed by atoms with Crippen LogP contribution in [-0.2, 0) is 10.3 Å². The van der Waals surface area contributed by atoms with E-state index in [0.717, 1.165) is 34.4 Å². The lowest BCUT2D eigenvalue weighted by Gasteiger charge is -2.48. The van der Waals surface area contributed by atoms with Crippen LogP contribution in [0.4, 0.5) is 0 Å². The molecule has 1 amide bonds. The van der Waals surface area contributed by atoms with E-state index in [1.165, 1.54) is 4.90 Å². The molecule has 2 aromatic rings. The number of guanidine groups is 1. The molecule has 5 nitrogen and oxygen atoms in total. The fraction of sp³-hybridized carbons (Fsp3) is 0.320. The predicted molar refractivity (Wildman–Crippen MR) is 125 cm³/mol. The van der Waals surface area contributed by atoms with Gasteiger partial charge in [-0.1, -0.05) is 35.9 Å². The van der Waals surface area contributed by atoms with Crippen LogP contribution in [0.25, 0.3) is 11.1 Å². The lowest BCUT2D eigenvalue weighted by molar-refractivity contribution is -0.141. The summed E-state index contributed by atoms with van der Waals surface area (Å²) in [6.07, 6.45) is 9.12. The van der Waals surface area contributed by atoms with Gasteiger partial charge in [0.1, 0.15) is 5.54 Å². The van der Waals surface area contributed by atoms with Crippen LogP contribution in [0.1, 0.15) is 43.6 Å². The van der Waals surface area contributed by atoms with Gasteiger partial charge < -0.3 is 5.73 Å². The molecule has 1 aliphatic carbocycles. The van der Waals surface area contributed by atoms with Crippen molar-refractivity contribution in [2.24, 2.45) is 16.1 Å². The molecule has 2 N–H and O–H groups in total. The third kappa shape index (κ3) is 3.49. The van der Waals surface area contributed by atoms with Crippen LogP contribution in [0.15, 0.2) is 64.5 Å². The molecule has 0 saturated carbocycles. The van der Waals surface area contributed by atoms with Crippen LogP contribution in [0.3, 0.4) is 0 Å². The third-order valence-corrected chi connectivity index (χ3v) is 7.71. The number of amides is 1. The van der Waals surface area contributed by atoms with Crippen molar-refractivity contribution in [3.05, 3.63) is 70.0 Å². The molecule has 0 unspecified atom stereocenters. The van der Waals surface area contributed by atoms with Crippen LogP contribution in [0.5, 0.6) is 0 Å². The van der Waals surface area contributed by atoms with Gasteiger partial charge in [0.05, 0.1) is 17.0 Å². The predicted octanol–water partition coefficient (Wildman–Crippen LogP) is 4.96. The molecule has 4 rings (SSSR count). The molecule has 1 aromatic heterocycles. The number of rotatable bonds is 4. The van der Waals surface area contributed by atoms with Crippen molar-refractivity contribution >= 4 is 23.2 Å². The Bertz CT molecular complexity index is 1170. The Labute approximate surface area is 187 Å². The average Bonchev–Trinajstić information content (AvgIpc) is 3.28. The molecule has 0 fully saturated rings. The largest absolute Gasteiger partial charge is 0.369 e. The second kappa shape index (κ2) is 7.82. The molecule has 31 heavy (non-hydrogen) atoms. The summed E-state index contributed by atoms with van der Waals surface area (Å²) in [7, 11) is 1.69. The number of hydrogen-bond donors (Lipinski definition) is 1. The number of benzene rings is 1. The Morgan fingerprint density at radius 3 is 2.77 bits per heavy atom. The highest BCUT2D eigenvalue weighted by Gasteiger charge is 2.56. The molecule has 2 heterocycles. The van der Waals surface area contributed by atoms with Crippen molar-refractivity contribution in [2.75, 3.05) is 7.05 Å². The number of nitriles is 1. The minimum atomic E-state index is -0.803. The van der Waals surface area contributed by atoms with E-state index in [2.05, 4.69) is 35.7 Å². The summed E-state index contributed by atoms with van der Waals surface area (Å²) < 4.78 is 0. The van der Waals surface area contributed by atoms with Gasteiger partial charge in [0, 0.05) is 11.9 Å². The summed E-state index contributed by atoms with van der Waals surface area (Å²) in [6, 6.07) is 11.8. The van der Waals surface area contributed by atoms with Crippen LogP contribution in [0.2, 0.25) is 0 Å². The number of aliphatic imine (C=N–C) groups is 1. The first-order valence-electron chi connectivity index (χ1n) is 10.4. The maximum absolute atomic E-state index is 13.6. The van der Waals surface area contributed by atoms with Crippen molar-refractivity contribution < 1.29 is 4.79 Å². The summed E-state index contributed by atoms with van der Waals surface area (Å²) in [5.74, 6) is 0.211. The van der Waals surface area contributed by atoms with E-state index in [1.54, 1.807) is 24.5 Å². The molecule has 6 heteroatoms. The molecule has 1 aromatic carbocycles. The summed E-state index contributed by atoms with van der Waals surface area (Å²) in [5.41, 5.74) is 8.37. The Morgan fingerprint density at radius 1 is 1.26 bits per heavy atom. The number of carbonyl (C=O) groups is 1. The number of thiophene rings is 1. The highest BCUT2D eigenvalue weighted by molar-refractivity contribution is 7.10. The van der Waals surface area contributed by atoms with E-state index >= 15 is 0 Å². The molecule has 0 radical (unpaired) electrons. The van der Waals surface area contributed by atoms with Crippen molar-refractivity contribution in [3.8, 4) is 17.2 Å². The number of hydrogen-bond acceptors (Lipinski definition) is 5. The SMILES string of the molecule is CN1C(=O)[C@](C)(CC2=CCCC=C2)[C@@](C)(c2cc(-c3cccc(C#N)c3)cs2)N=C1N. The minimum Gasteiger partial charge on any atom is -0.369 e. The molecule has 0 saturated heterocycles. The molecule has 0 bridgehead atoms. The van der Waals surface area contributed by atoms with E-state index in [0.29, 0.717) is 12.0 Å². The molecular formula is C25H26N4OS. The Kier molecular flexibility index (Phi) is 5.32. The zero-order valence-corrected chi connectivity index (χ0v) is 18.9. The van der Waals surface area contributed by atoms with Gasteiger partial charge >= 0.3 is 0 Å². The van der Waals surface area contributed by atoms with E-state index in [-0.39, 0.29) is 11.9 Å². The average molecular weight is 431 g/mol. The zero-order valence-electron chi connectivity index (χ0n) is 18.1. The summed E-state index contributed by atoms with van der Waals surface area (Å²) in [4.78, 5) is 20.9. The molecular weight excluding hydrogens is 404 g/mol. The van der Waals surface area contributed by atoms with E-state index in [4.69, 9.17) is 10.7 Å². The minimum absolute atomic E-state index is 0.0243. The van der Waals surface area contributed by atoms with Crippen LogP contribution >= 0.6 is 11.3 Å². The first kappa shape index (κ1) is 21.1. The van der Waals surface area contributed by atoms with Gasteiger partial charge in [-0.2, -0.15) is 5.26 Å². The van der Waals surface area contributed by atoms with Gasteiger partial charge in [0.25, 0.3) is 0 Å². The number of carbonyl (C=O) groups excluding carboxylic acids is 1. The summed E-state index contributed by atoms with van der Waals surface area (Å²) >= 11 is 1.58. The highest BCUT2D eigenvalue weighted by atomic mass is 32.1. The standard InChI is InChI=1S/C25H26N4OS/c1-24(14-17-8-5-4-6-9-17)22(30)29(3)23(27)28-25(24,2)21-13-20(16-31-21)19-11-7-10-18(12-19)15-26/h5,7-13,16H,4,6,14H2,1-3H3,(H2,27,28)/t24-,25+/m0/s1. The fourth-order valence-corrected chi connectivity index (χ4v) is 5.56. The molecule has 2 aliphatic rings. The second-order valence-corrected chi connectivity index (χ2v) is 9.48. The molecule has 0 spiro atoms. The van der Waals surface area contributed by atoms with Crippen molar-refractivity contribution in [2.45, 2.75) is 38.6 Å². The lowest BCUT2D eigenvalue weighted by Crippen LogP contribution is -2.59. The van der Waals surface area contributed by atoms with E-state index in [1.807, 2.05) is 32.0 Å². The topological polar surface area (TPSA) is 82.5 Å². The van der Waals surface area contributed by atoms with Gasteiger partial charge in [0.15, 0.2) is 5.96 Å². The van der Waals surface area contributed by atoms with Gasteiger partial charge in [-0.25, -0.2) is 4.99 Å². The Hall–Kier alpha value is -3.17. The quantitative estimate of drug-likeness (QED) is 0.744. The zero-order chi connectivity index (χ0) is 22.2. The van der Waals surface area contributed by atoms with Gasteiger partial charge in [-0.15, -0.1) is 11.3 Å². The monoisotopic (exact) mass is 430 g/mol. The lowest BCUT2D eigenvalue weighted by atomic mass is 9.65. The summed E-state index contributed by atoms with van der Waals surface area (Å²) in [6.45, 7) is 4.01. The smallest absolute Gasteiger partial charge is 0.238 e. The van der Waals surface area contributed by atoms with Gasteiger partial charge in [0.2, 0.25) is 5.91 Å². The van der Waals surface area contributed by atoms with Crippen molar-refractivity contribution in [1.82, 2.24) is 4.90 Å². The van der Waals surface area contributed by atoms with Crippen LogP contribution in [0, 0.1) is 16.7 Å². The maximum Gasteiger partial charge on any atom is 0.238 e. The molecule has 2 atom stereocenters. The van der Waals surface area contributed by atoms with E-state index < -0.39 is 11.0 Å². The van der Waals surface area contributed by atoms with Crippen molar-refractivity contribution in [1.29, 1.82) is 5.26 Å². The number of nitrogens with zero attached hydrogens (tertiary/aromatic N) is 3. The van der Waals surface area contributed by atoms with Gasteiger partial charge in [-0.3, -0.25) is 9.69 Å². The normalized spacial score (nSPS) is 25.7. The molecule has 1 aliphatic heterocycles. The number of nitrogens with two attached hydrogens (primary N) is 1. The van der Waals surface area contributed by atoms with Crippen molar-refractivity contribution in [3.63, 3.8) is 0 Å². The Morgan fingerprint density at radius 2 is 2.06 bits per heavy atom. The highest BCUT2D eigenvalue weighted by Crippen LogP contribution is 2.52. The van der Waals surface area contributed by atoms with Crippen LogP contribution in [-0.4, -0.2) is 23.8 Å². The Balaban J connectivity index is 1.80. The van der Waals surface area contributed by atoms with Crippen LogP contribution < -0.4 is 5.73 Å².